The molecule has 0 bridgehead atoms. The van der Waals surface area contributed by atoms with E-state index in [9.17, 15) is 18.0 Å². The fourth-order valence-corrected chi connectivity index (χ4v) is 2.08. The molecule has 2 rings (SSSR count). The fraction of sp³-hybridized carbons (Fsp3) is 0.636. The maximum Gasteiger partial charge on any atom is 0.434 e. The Morgan fingerprint density at radius 1 is 1.63 bits per heavy atom. The number of aliphatic carboxylic acids is 1. The third-order valence-corrected chi connectivity index (χ3v) is 3.05. The Morgan fingerprint density at radius 3 is 2.84 bits per heavy atom. The van der Waals surface area contributed by atoms with Gasteiger partial charge in [-0.05, 0) is 12.8 Å². The van der Waals surface area contributed by atoms with Crippen molar-refractivity contribution >= 4 is 5.97 Å². The van der Waals surface area contributed by atoms with Crippen LogP contribution in [0.4, 0.5) is 13.2 Å². The van der Waals surface area contributed by atoms with E-state index in [1.54, 1.807) is 0 Å². The van der Waals surface area contributed by atoms with E-state index < -0.39 is 23.9 Å². The molecule has 1 aromatic rings. The molecular formula is C11H13F3N2O3. The Labute approximate surface area is 107 Å². The number of nitrogens with zero attached hydrogens (tertiary/aromatic N) is 2. The number of rotatable bonds is 4. The summed E-state index contributed by atoms with van der Waals surface area (Å²) in [6.07, 6.45) is -1.47. The highest BCUT2D eigenvalue weighted by Gasteiger charge is 2.35. The summed E-state index contributed by atoms with van der Waals surface area (Å²) in [5, 5.41) is 9.11. The summed E-state index contributed by atoms with van der Waals surface area (Å²) in [6, 6.07) is -1.09. The van der Waals surface area contributed by atoms with Crippen molar-refractivity contribution in [3.8, 4) is 0 Å². The molecule has 2 unspecified atom stereocenters. The third-order valence-electron chi connectivity index (χ3n) is 3.05. The van der Waals surface area contributed by atoms with E-state index in [2.05, 4.69) is 4.98 Å². The summed E-state index contributed by atoms with van der Waals surface area (Å²) >= 11 is 0. The highest BCUT2D eigenvalue weighted by atomic mass is 19.4. The zero-order valence-corrected chi connectivity index (χ0v) is 9.93. The van der Waals surface area contributed by atoms with Gasteiger partial charge >= 0.3 is 12.1 Å². The Balaban J connectivity index is 2.14. The lowest BCUT2D eigenvalue weighted by atomic mass is 10.1. The number of carboxylic acid groups (broad SMARTS) is 1. The van der Waals surface area contributed by atoms with Crippen LogP contribution in [0, 0.1) is 0 Å². The molecule has 1 aromatic heterocycles. The summed E-state index contributed by atoms with van der Waals surface area (Å²) in [4.78, 5) is 14.4. The Hall–Kier alpha value is -1.57. The summed E-state index contributed by atoms with van der Waals surface area (Å²) in [5.41, 5.74) is -1.09. The monoisotopic (exact) mass is 278 g/mol. The molecule has 1 N–H and O–H groups in total. The van der Waals surface area contributed by atoms with Crippen LogP contribution in [0.25, 0.3) is 0 Å². The van der Waals surface area contributed by atoms with E-state index >= 15 is 0 Å². The van der Waals surface area contributed by atoms with Gasteiger partial charge in [-0.2, -0.15) is 13.2 Å². The third kappa shape index (κ3) is 3.25. The van der Waals surface area contributed by atoms with Crippen molar-refractivity contribution in [1.29, 1.82) is 0 Å². The highest BCUT2D eigenvalue weighted by Crippen LogP contribution is 2.29. The average molecular weight is 278 g/mol. The van der Waals surface area contributed by atoms with Crippen LogP contribution in [0.2, 0.25) is 0 Å². The molecule has 0 aliphatic carbocycles. The largest absolute Gasteiger partial charge is 0.480 e. The molecule has 19 heavy (non-hydrogen) atoms. The number of carboxylic acids is 1. The predicted molar refractivity (Wildman–Crippen MR) is 57.5 cm³/mol. The van der Waals surface area contributed by atoms with Crippen LogP contribution in [0.15, 0.2) is 12.5 Å². The molecule has 1 fully saturated rings. The lowest BCUT2D eigenvalue weighted by molar-refractivity contribution is -0.143. The molecule has 5 nitrogen and oxygen atoms in total. The summed E-state index contributed by atoms with van der Waals surface area (Å²) < 4.78 is 43.6. The number of aromatic nitrogens is 2. The molecule has 8 heteroatoms. The topological polar surface area (TPSA) is 64.3 Å². The van der Waals surface area contributed by atoms with Gasteiger partial charge in [-0.3, -0.25) is 0 Å². The highest BCUT2D eigenvalue weighted by molar-refractivity contribution is 5.71. The van der Waals surface area contributed by atoms with Gasteiger partial charge in [0.05, 0.1) is 12.4 Å². The quantitative estimate of drug-likeness (QED) is 0.916. The molecule has 0 amide bonds. The van der Waals surface area contributed by atoms with Gasteiger partial charge in [-0.25, -0.2) is 9.78 Å². The minimum atomic E-state index is -4.57. The molecule has 2 atom stereocenters. The van der Waals surface area contributed by atoms with Crippen LogP contribution >= 0.6 is 0 Å². The lowest BCUT2D eigenvalue weighted by Crippen LogP contribution is -2.23. The van der Waals surface area contributed by atoms with Crippen molar-refractivity contribution in [2.24, 2.45) is 0 Å². The number of halogens is 3. The fourth-order valence-electron chi connectivity index (χ4n) is 2.08. The van der Waals surface area contributed by atoms with Gasteiger partial charge in [0, 0.05) is 19.2 Å². The van der Waals surface area contributed by atoms with E-state index in [1.807, 2.05) is 0 Å². The first-order chi connectivity index (χ1) is 8.88. The van der Waals surface area contributed by atoms with Crippen LogP contribution < -0.4 is 0 Å². The number of alkyl halides is 3. The van der Waals surface area contributed by atoms with Crippen molar-refractivity contribution in [3.05, 3.63) is 18.2 Å². The number of imidazole rings is 1. The molecule has 0 radical (unpaired) electrons. The molecule has 1 aliphatic heterocycles. The predicted octanol–water partition coefficient (Wildman–Crippen LogP) is 2.10. The number of carbonyl (C=O) groups is 1. The van der Waals surface area contributed by atoms with Gasteiger partial charge in [0.25, 0.3) is 0 Å². The van der Waals surface area contributed by atoms with Crippen LogP contribution in [-0.2, 0) is 15.7 Å². The number of ether oxygens (including phenoxy) is 1. The minimum Gasteiger partial charge on any atom is -0.480 e. The molecule has 0 saturated carbocycles. The van der Waals surface area contributed by atoms with Gasteiger partial charge in [0.1, 0.15) is 6.04 Å². The van der Waals surface area contributed by atoms with Crippen molar-refractivity contribution in [1.82, 2.24) is 9.55 Å². The molecule has 2 heterocycles. The molecular weight excluding hydrogens is 265 g/mol. The second-order valence-corrected chi connectivity index (χ2v) is 4.43. The maximum atomic E-state index is 12.4. The van der Waals surface area contributed by atoms with E-state index in [4.69, 9.17) is 9.84 Å². The summed E-state index contributed by atoms with van der Waals surface area (Å²) in [6.45, 7) is 0.564. The Kier molecular flexibility index (Phi) is 3.79. The maximum absolute atomic E-state index is 12.4. The van der Waals surface area contributed by atoms with Gasteiger partial charge in [0.15, 0.2) is 5.69 Å². The molecule has 0 spiro atoms. The molecule has 1 aliphatic rings. The van der Waals surface area contributed by atoms with Crippen molar-refractivity contribution in [3.63, 3.8) is 0 Å². The van der Waals surface area contributed by atoms with Gasteiger partial charge < -0.3 is 14.4 Å². The standard InChI is InChI=1S/C11H13F3N2O3/c12-11(13,14)9-5-16(6-15-9)8(10(17)18)4-7-2-1-3-19-7/h5-8H,1-4H2,(H,17,18). The SMILES string of the molecule is O=C(O)C(CC1CCCO1)n1cnc(C(F)(F)F)c1. The van der Waals surface area contributed by atoms with Gasteiger partial charge in [-0.15, -0.1) is 0 Å². The zero-order chi connectivity index (χ0) is 14.0. The first-order valence-electron chi connectivity index (χ1n) is 5.83. The van der Waals surface area contributed by atoms with E-state index in [1.165, 1.54) is 0 Å². The lowest BCUT2D eigenvalue weighted by Gasteiger charge is -2.17. The minimum absolute atomic E-state index is 0.142. The number of hydrogen-bond donors (Lipinski definition) is 1. The van der Waals surface area contributed by atoms with Crippen molar-refractivity contribution in [2.45, 2.75) is 37.6 Å². The number of hydrogen-bond acceptors (Lipinski definition) is 3. The van der Waals surface area contributed by atoms with Crippen molar-refractivity contribution < 1.29 is 27.8 Å². The molecule has 0 aromatic carbocycles. The molecule has 106 valence electrons. The van der Waals surface area contributed by atoms with Gasteiger partial charge in [-0.1, -0.05) is 0 Å². The Morgan fingerprint density at radius 2 is 2.37 bits per heavy atom. The summed E-state index contributed by atoms with van der Waals surface area (Å²) in [7, 11) is 0. The smallest absolute Gasteiger partial charge is 0.434 e. The zero-order valence-electron chi connectivity index (χ0n) is 9.93. The first-order valence-corrected chi connectivity index (χ1v) is 5.83. The van der Waals surface area contributed by atoms with Crippen LogP contribution in [0.5, 0.6) is 0 Å². The normalized spacial score (nSPS) is 21.5. The Bertz CT molecular complexity index is 452. The van der Waals surface area contributed by atoms with Crippen LogP contribution in [0.3, 0.4) is 0 Å². The van der Waals surface area contributed by atoms with E-state index in [-0.39, 0.29) is 12.5 Å². The average Bonchev–Trinajstić information content (AvgIpc) is 2.95. The van der Waals surface area contributed by atoms with Crippen LogP contribution in [0.1, 0.15) is 31.0 Å². The van der Waals surface area contributed by atoms with Crippen LogP contribution in [-0.4, -0.2) is 33.3 Å². The van der Waals surface area contributed by atoms with E-state index in [0.717, 1.165) is 23.7 Å². The van der Waals surface area contributed by atoms with Crippen molar-refractivity contribution in [2.75, 3.05) is 6.61 Å². The second-order valence-electron chi connectivity index (χ2n) is 4.43. The second kappa shape index (κ2) is 5.20. The van der Waals surface area contributed by atoms with Gasteiger partial charge in [0.2, 0.25) is 0 Å². The van der Waals surface area contributed by atoms with E-state index in [0.29, 0.717) is 12.8 Å². The summed E-state index contributed by atoms with van der Waals surface area (Å²) in [5.74, 6) is -1.19. The first kappa shape index (κ1) is 13.9. The molecule has 1 saturated heterocycles.